The van der Waals surface area contributed by atoms with Gasteiger partial charge in [0.2, 0.25) is 0 Å². The topological polar surface area (TPSA) is 43.1 Å². The van der Waals surface area contributed by atoms with Gasteiger partial charge in [0.15, 0.2) is 0 Å². The van der Waals surface area contributed by atoms with Crippen LogP contribution < -0.4 is 1.76 Å². The molecule has 0 aliphatic carbocycles. The molecule has 0 spiro atoms. The van der Waals surface area contributed by atoms with Crippen LogP contribution in [0.15, 0.2) is 0 Å². The monoisotopic (exact) mass is 344 g/mol. The van der Waals surface area contributed by atoms with E-state index in [2.05, 4.69) is 0 Å². The molecule has 2 N–H and O–H groups in total. The summed E-state index contributed by atoms with van der Waals surface area (Å²) in [5, 5.41) is 0. The van der Waals surface area contributed by atoms with Crippen molar-refractivity contribution in [2.75, 3.05) is 0 Å². The Kier molecular flexibility index (Phi) is 7.48. The van der Waals surface area contributed by atoms with Crippen LogP contribution >= 0.6 is 0 Å². The summed E-state index contributed by atoms with van der Waals surface area (Å²) in [7, 11) is 0. The molecule has 0 amide bonds. The third-order valence-corrected chi connectivity index (χ3v) is 38.3. The quantitative estimate of drug-likeness (QED) is 0.581. The molecule has 0 radical (unpaired) electrons. The van der Waals surface area contributed by atoms with E-state index in [1.807, 2.05) is 0 Å². The fourth-order valence-corrected chi connectivity index (χ4v) is 0. The molecular formula is H4NOPr2Si. The molecule has 25 valence electrons. The van der Waals surface area contributed by atoms with Gasteiger partial charge in [-0.1, -0.05) is 0 Å². The van der Waals surface area contributed by atoms with Crippen LogP contribution in [0.25, 0.3) is 0 Å². The summed E-state index contributed by atoms with van der Waals surface area (Å²) in [5.74, 6) is 0. The summed E-state index contributed by atoms with van der Waals surface area (Å²) in [5.41, 5.74) is 0. The van der Waals surface area contributed by atoms with Crippen molar-refractivity contribution in [2.24, 2.45) is 1.76 Å². The van der Waals surface area contributed by atoms with Gasteiger partial charge in [0.1, 0.15) is 0 Å². The van der Waals surface area contributed by atoms with E-state index in [1.54, 1.807) is 0 Å². The van der Waals surface area contributed by atoms with Crippen LogP contribution in [0, 0.1) is 72.5 Å². The standard InChI is InChI=1S/H2N.O.2Pr.H2Si/h1H2;;;;1H2/q-1;;;+1;. The fraction of sp³-hybridized carbons (Fsp3) is 0. The molecule has 2 nitrogen and oxygen atoms in total. The second-order valence-electron chi connectivity index (χ2n) is 0.774. The molecule has 0 aliphatic rings. The normalized spacial score (nSPS) is 9.60. The van der Waals surface area contributed by atoms with Crippen molar-refractivity contribution in [3.8, 4) is 0 Å². The van der Waals surface area contributed by atoms with Crippen LogP contribution in [-0.4, -0.2) is -1.46 Å². The van der Waals surface area contributed by atoms with Crippen LogP contribution in [0.4, 0.5) is 0 Å². The van der Waals surface area contributed by atoms with E-state index < -0.39 is 34.4 Å². The molecule has 0 heterocycles. The van der Waals surface area contributed by atoms with Crippen LogP contribution in [0.5, 0.6) is 0 Å². The van der Waals surface area contributed by atoms with E-state index >= 15 is 0 Å². The van der Waals surface area contributed by atoms with E-state index in [1.165, 1.54) is 0 Å². The Morgan fingerprint density at radius 3 is 2.20 bits per heavy atom. The van der Waals surface area contributed by atoms with Gasteiger partial charge in [-0.2, -0.15) is 0 Å². The van der Waals surface area contributed by atoms with Crippen molar-refractivity contribution in [1.29, 1.82) is 0 Å². The zero-order valence-corrected chi connectivity index (χ0v) is 11.7. The zero-order valence-electron chi connectivity index (χ0n) is 2.85. The summed E-state index contributed by atoms with van der Waals surface area (Å²) < 4.78 is 15.0. The second kappa shape index (κ2) is 4.85. The van der Waals surface area contributed by atoms with Crippen LogP contribution in [0.3, 0.4) is 0 Å². The van der Waals surface area contributed by atoms with Gasteiger partial charge in [-0.25, -0.2) is 0 Å². The third-order valence-electron chi connectivity index (χ3n) is 0.232. The van der Waals surface area contributed by atoms with E-state index in [0.717, 1.165) is 38.1 Å². The van der Waals surface area contributed by atoms with Crippen LogP contribution in [0.1, 0.15) is 0 Å². The molecule has 0 aromatic heterocycles. The molecule has 0 rings (SSSR count). The Labute approximate surface area is 71.3 Å². The van der Waals surface area contributed by atoms with Crippen LogP contribution in [0.2, 0.25) is 0 Å². The van der Waals surface area contributed by atoms with E-state index in [-0.39, 0.29) is -1.46 Å². The molecule has 0 aliphatic heterocycles. The molecule has 0 aromatic carbocycles. The Morgan fingerprint density at radius 2 is 2.20 bits per heavy atom. The minimum absolute atomic E-state index is 0.0401. The third kappa shape index (κ3) is 6.70. The summed E-state index contributed by atoms with van der Waals surface area (Å²) in [6.07, 6.45) is 0. The molecule has 0 saturated carbocycles. The van der Waals surface area contributed by atoms with Gasteiger partial charge in [0.05, 0.1) is 0 Å². The Balaban J connectivity index is 2.85. The maximum absolute atomic E-state index is 10.00. The Bertz CT molecular complexity index is 44.9. The number of hydrogen-bond acceptors (Lipinski definition) is 1. The van der Waals surface area contributed by atoms with Crippen molar-refractivity contribution in [1.82, 2.24) is 0 Å². The van der Waals surface area contributed by atoms with Crippen LogP contribution in [-0.2, 0) is 0.995 Å². The number of rotatable bonds is 1. The molecule has 5 heteroatoms. The molecule has 0 unspecified atom stereocenters. The van der Waals surface area contributed by atoms with Crippen molar-refractivity contribution < 1.29 is 73.5 Å². The Morgan fingerprint density at radius 1 is 2.00 bits per heavy atom. The summed E-state index contributed by atoms with van der Waals surface area (Å²) >= 11 is -1.30. The molecule has 0 saturated heterocycles. The maximum atomic E-state index is 10.00. The molecule has 5 heavy (non-hydrogen) atoms. The van der Waals surface area contributed by atoms with Gasteiger partial charge >= 0.3 is 73.8 Å². The number of nitrogens with two attached hydrogens (primary N) is 1. The second-order valence-corrected chi connectivity index (χ2v) is 48.9. The Hall–Kier alpha value is 2.70. The first-order valence-electron chi connectivity index (χ1n) is 1.39. The van der Waals surface area contributed by atoms with E-state index in [4.69, 9.17) is 1.76 Å². The first-order valence-corrected chi connectivity index (χ1v) is 22.4. The average molecular weight is 344 g/mol. The predicted octanol–water partition coefficient (Wildman–Crippen LogP) is -1.63. The van der Waals surface area contributed by atoms with Gasteiger partial charge < -0.3 is 0 Å². The zero-order chi connectivity index (χ0) is 4.28. The molecule has 0 fully saturated rings. The molecular weight excluding hydrogens is 340 g/mol. The van der Waals surface area contributed by atoms with Gasteiger partial charge in [-0.15, -0.1) is 0 Å². The summed E-state index contributed by atoms with van der Waals surface area (Å²) in [4.78, 5) is 0. The van der Waals surface area contributed by atoms with E-state index in [0.29, 0.717) is 0 Å². The van der Waals surface area contributed by atoms with Crippen molar-refractivity contribution in [3.63, 3.8) is 0 Å². The SMILES string of the molecule is [NH2][Pr](=[O])[SiH2][Pr]. The minimum atomic E-state index is -2.31. The summed E-state index contributed by atoms with van der Waals surface area (Å²) in [6, 6.07) is 0. The van der Waals surface area contributed by atoms with E-state index in [9.17, 15) is 0.995 Å². The molecule has 0 aromatic rings. The first kappa shape index (κ1) is 7.70. The van der Waals surface area contributed by atoms with Crippen molar-refractivity contribution in [2.45, 2.75) is 0 Å². The predicted molar refractivity (Wildman–Crippen MR) is 13.4 cm³/mol. The number of hydrogen-bond donors (Lipinski definition) is 1. The molecule has 0 bridgehead atoms. The molecule has 0 atom stereocenters. The van der Waals surface area contributed by atoms with Crippen molar-refractivity contribution in [3.05, 3.63) is 0 Å². The van der Waals surface area contributed by atoms with Gasteiger partial charge in [-0.3, -0.25) is 0 Å². The average Bonchev–Trinajstić information content (AvgIpc) is 1.38. The van der Waals surface area contributed by atoms with Gasteiger partial charge in [-0.05, 0) is 0 Å². The van der Waals surface area contributed by atoms with Gasteiger partial charge in [0.25, 0.3) is 0 Å². The first-order chi connectivity index (χ1) is 2.27. The fourth-order valence-electron chi connectivity index (χ4n) is 0. The summed E-state index contributed by atoms with van der Waals surface area (Å²) in [6.45, 7) is 0. The van der Waals surface area contributed by atoms with Crippen molar-refractivity contribution >= 4 is -1.46 Å². The van der Waals surface area contributed by atoms with Gasteiger partial charge in [0, 0.05) is 0 Å².